The van der Waals surface area contributed by atoms with Crippen LogP contribution in [-0.4, -0.2) is 18.4 Å². The van der Waals surface area contributed by atoms with E-state index in [0.29, 0.717) is 11.8 Å². The second-order valence-corrected chi connectivity index (χ2v) is 3.63. The number of benzene rings is 1. The zero-order chi connectivity index (χ0) is 14.6. The second-order valence-electron chi connectivity index (χ2n) is 3.63. The van der Waals surface area contributed by atoms with Gasteiger partial charge in [0.1, 0.15) is 6.10 Å². The van der Waals surface area contributed by atoms with Crippen LogP contribution in [0.5, 0.6) is 0 Å². The van der Waals surface area contributed by atoms with E-state index in [-0.39, 0.29) is 0 Å². The van der Waals surface area contributed by atoms with E-state index in [9.17, 15) is 9.90 Å². The first-order valence-electron chi connectivity index (χ1n) is 6.52. The van der Waals surface area contributed by atoms with E-state index in [1.165, 1.54) is 6.42 Å². The van der Waals surface area contributed by atoms with Crippen molar-refractivity contribution >= 4 is 12.0 Å². The van der Waals surface area contributed by atoms with E-state index in [1.807, 2.05) is 32.9 Å². The molecule has 0 saturated heterocycles. The monoisotopic (exact) mass is 253 g/mol. The number of rotatable bonds is 3. The van der Waals surface area contributed by atoms with E-state index >= 15 is 0 Å². The number of aliphatic hydroxyl groups excluding tert-OH is 1. The first-order chi connectivity index (χ1) is 8.60. The van der Waals surface area contributed by atoms with E-state index in [4.69, 9.17) is 0 Å². The van der Waals surface area contributed by atoms with E-state index in [2.05, 4.69) is 19.2 Å². The Kier molecular flexibility index (Phi) is 12.8. The normalized spacial score (nSPS) is 10.2. The molecule has 18 heavy (non-hydrogen) atoms. The molecular formula is C15H27NO2. The summed E-state index contributed by atoms with van der Waals surface area (Å²) in [4.78, 5) is 10.4. The molecule has 0 fully saturated rings. The lowest BCUT2D eigenvalue weighted by Gasteiger charge is -2.11. The van der Waals surface area contributed by atoms with Gasteiger partial charge in [0, 0.05) is 18.3 Å². The van der Waals surface area contributed by atoms with Gasteiger partial charge in [-0.25, -0.2) is 0 Å². The fourth-order valence-electron chi connectivity index (χ4n) is 1.23. The molecule has 0 aliphatic rings. The zero-order valence-corrected chi connectivity index (χ0v) is 12.4. The molecule has 2 N–H and O–H groups in total. The third kappa shape index (κ3) is 7.07. The Morgan fingerprint density at radius 3 is 2.22 bits per heavy atom. The van der Waals surface area contributed by atoms with Crippen molar-refractivity contribution in [1.29, 1.82) is 0 Å². The van der Waals surface area contributed by atoms with Crippen molar-refractivity contribution in [2.24, 2.45) is 0 Å². The molecule has 0 aliphatic heterocycles. The molecule has 0 radical (unpaired) electrons. The third-order valence-electron chi connectivity index (χ3n) is 1.92. The molecule has 0 aromatic heterocycles. The van der Waals surface area contributed by atoms with Crippen LogP contribution in [-0.2, 0) is 4.79 Å². The highest BCUT2D eigenvalue weighted by Gasteiger charge is 2.10. The number of hydrogen-bond acceptors (Lipinski definition) is 3. The van der Waals surface area contributed by atoms with Crippen molar-refractivity contribution in [2.75, 3.05) is 12.4 Å². The number of aldehydes is 1. The van der Waals surface area contributed by atoms with E-state index in [0.717, 1.165) is 11.3 Å². The summed E-state index contributed by atoms with van der Waals surface area (Å²) in [5, 5.41) is 12.3. The predicted octanol–water partition coefficient (Wildman–Crippen LogP) is 3.71. The summed E-state index contributed by atoms with van der Waals surface area (Å²) in [6.07, 6.45) is 0.734. The van der Waals surface area contributed by atoms with Crippen LogP contribution < -0.4 is 5.32 Å². The SMILES string of the molecule is CC.CCC.CNc1ccc(C)cc1C(O)C=O. The Bertz CT molecular complexity index is 324. The number of aliphatic hydroxyl groups is 1. The van der Waals surface area contributed by atoms with Crippen LogP contribution in [0.4, 0.5) is 5.69 Å². The summed E-state index contributed by atoms with van der Waals surface area (Å²) in [6.45, 7) is 10.2. The lowest BCUT2D eigenvalue weighted by atomic mass is 10.1. The number of hydrogen-bond donors (Lipinski definition) is 2. The van der Waals surface area contributed by atoms with E-state index < -0.39 is 6.10 Å². The quantitative estimate of drug-likeness (QED) is 0.807. The van der Waals surface area contributed by atoms with Gasteiger partial charge in [-0.15, -0.1) is 0 Å². The summed E-state index contributed by atoms with van der Waals surface area (Å²) in [6, 6.07) is 5.56. The number of nitrogens with one attached hydrogen (secondary N) is 1. The summed E-state index contributed by atoms with van der Waals surface area (Å²) in [7, 11) is 1.76. The maximum atomic E-state index is 10.4. The Balaban J connectivity index is 0. The van der Waals surface area contributed by atoms with Crippen LogP contribution in [0.2, 0.25) is 0 Å². The van der Waals surface area contributed by atoms with Crippen LogP contribution >= 0.6 is 0 Å². The van der Waals surface area contributed by atoms with Crippen LogP contribution in [0.3, 0.4) is 0 Å². The molecule has 3 nitrogen and oxygen atoms in total. The highest BCUT2D eigenvalue weighted by Crippen LogP contribution is 2.22. The first-order valence-corrected chi connectivity index (χ1v) is 6.52. The number of carbonyl (C=O) groups is 1. The molecule has 0 saturated carbocycles. The van der Waals surface area contributed by atoms with Gasteiger partial charge in [0.15, 0.2) is 6.29 Å². The molecule has 1 rings (SSSR count). The Hall–Kier alpha value is -1.35. The number of aryl methyl sites for hydroxylation is 1. The highest BCUT2D eigenvalue weighted by molar-refractivity contribution is 5.66. The largest absolute Gasteiger partial charge is 0.388 e. The standard InChI is InChI=1S/C10H13NO2.C3H8.C2H6/c1-7-3-4-9(11-2)8(5-7)10(13)6-12;1-3-2;1-2/h3-6,10-11,13H,1-2H3;3H2,1-2H3;1-2H3. The minimum Gasteiger partial charge on any atom is -0.388 e. The maximum absolute atomic E-state index is 10.4. The van der Waals surface area contributed by atoms with Crippen LogP contribution in [0, 0.1) is 6.92 Å². The molecule has 0 spiro atoms. The molecule has 1 atom stereocenters. The van der Waals surface area contributed by atoms with Crippen LogP contribution in [0.1, 0.15) is 51.3 Å². The average Bonchev–Trinajstić information content (AvgIpc) is 2.41. The van der Waals surface area contributed by atoms with Crippen molar-refractivity contribution in [1.82, 2.24) is 0 Å². The summed E-state index contributed by atoms with van der Waals surface area (Å²) in [5.74, 6) is 0. The van der Waals surface area contributed by atoms with Crippen molar-refractivity contribution in [3.8, 4) is 0 Å². The van der Waals surface area contributed by atoms with Gasteiger partial charge in [0.25, 0.3) is 0 Å². The van der Waals surface area contributed by atoms with Gasteiger partial charge in [0.2, 0.25) is 0 Å². The van der Waals surface area contributed by atoms with Crippen molar-refractivity contribution in [3.05, 3.63) is 29.3 Å². The van der Waals surface area contributed by atoms with Crippen molar-refractivity contribution in [3.63, 3.8) is 0 Å². The number of carbonyl (C=O) groups excluding carboxylic acids is 1. The van der Waals surface area contributed by atoms with E-state index in [1.54, 1.807) is 13.1 Å². The van der Waals surface area contributed by atoms with Gasteiger partial charge in [-0.2, -0.15) is 0 Å². The lowest BCUT2D eigenvalue weighted by Crippen LogP contribution is -2.03. The minimum absolute atomic E-state index is 0.523. The lowest BCUT2D eigenvalue weighted by molar-refractivity contribution is -0.115. The molecule has 0 heterocycles. The molecule has 1 unspecified atom stereocenters. The second kappa shape index (κ2) is 12.1. The summed E-state index contributed by atoms with van der Waals surface area (Å²) in [5.41, 5.74) is 2.43. The Labute approximate surface area is 111 Å². The third-order valence-corrected chi connectivity index (χ3v) is 1.92. The van der Waals surface area contributed by atoms with Crippen molar-refractivity contribution in [2.45, 2.75) is 47.1 Å². The van der Waals surface area contributed by atoms with Gasteiger partial charge >= 0.3 is 0 Å². The Morgan fingerprint density at radius 2 is 1.83 bits per heavy atom. The molecule has 3 heteroatoms. The average molecular weight is 253 g/mol. The molecule has 1 aromatic carbocycles. The minimum atomic E-state index is -1.04. The van der Waals surface area contributed by atoms with Crippen LogP contribution in [0.25, 0.3) is 0 Å². The topological polar surface area (TPSA) is 49.3 Å². The Morgan fingerprint density at radius 1 is 1.33 bits per heavy atom. The molecule has 104 valence electrons. The highest BCUT2D eigenvalue weighted by atomic mass is 16.3. The van der Waals surface area contributed by atoms with Gasteiger partial charge < -0.3 is 15.2 Å². The van der Waals surface area contributed by atoms with Gasteiger partial charge in [0.05, 0.1) is 0 Å². The van der Waals surface area contributed by atoms with Gasteiger partial charge in [-0.05, 0) is 13.0 Å². The molecular weight excluding hydrogens is 226 g/mol. The molecule has 0 bridgehead atoms. The summed E-state index contributed by atoms with van der Waals surface area (Å²) >= 11 is 0. The van der Waals surface area contributed by atoms with Crippen molar-refractivity contribution < 1.29 is 9.90 Å². The fourth-order valence-corrected chi connectivity index (χ4v) is 1.23. The molecule has 0 aliphatic carbocycles. The predicted molar refractivity (Wildman–Crippen MR) is 79.1 cm³/mol. The fraction of sp³-hybridized carbons (Fsp3) is 0.533. The van der Waals surface area contributed by atoms with Crippen LogP contribution in [0.15, 0.2) is 18.2 Å². The summed E-state index contributed by atoms with van der Waals surface area (Å²) < 4.78 is 0. The number of anilines is 1. The first kappa shape index (κ1) is 19.0. The smallest absolute Gasteiger partial charge is 0.153 e. The maximum Gasteiger partial charge on any atom is 0.153 e. The zero-order valence-electron chi connectivity index (χ0n) is 12.4. The van der Waals surface area contributed by atoms with Gasteiger partial charge in [-0.3, -0.25) is 0 Å². The molecule has 1 aromatic rings. The van der Waals surface area contributed by atoms with Gasteiger partial charge in [-0.1, -0.05) is 51.8 Å². The molecule has 0 amide bonds.